The summed E-state index contributed by atoms with van der Waals surface area (Å²) >= 11 is 3.33. The number of hydrogen-bond acceptors (Lipinski definition) is 4. The fourth-order valence-corrected chi connectivity index (χ4v) is 2.20. The molecule has 0 bridgehead atoms. The van der Waals surface area contributed by atoms with Crippen LogP contribution in [-0.4, -0.2) is 10.1 Å². The molecular weight excluding hydrogens is 313 g/mol. The second-order valence-electron chi connectivity index (χ2n) is 4.82. The third-order valence-electron chi connectivity index (χ3n) is 2.65. The molecule has 4 nitrogen and oxygen atoms in total. The molecule has 19 heavy (non-hydrogen) atoms. The van der Waals surface area contributed by atoms with E-state index >= 15 is 0 Å². The third kappa shape index (κ3) is 3.39. The van der Waals surface area contributed by atoms with Crippen molar-refractivity contribution in [2.24, 2.45) is 11.7 Å². The molecule has 0 saturated heterocycles. The largest absolute Gasteiger partial charge is 0.337 e. The second-order valence-corrected chi connectivity index (χ2v) is 5.67. The van der Waals surface area contributed by atoms with E-state index in [0.29, 0.717) is 27.7 Å². The minimum atomic E-state index is -0.351. The number of hydrogen-bond donors (Lipinski definition) is 1. The van der Waals surface area contributed by atoms with Crippen LogP contribution >= 0.6 is 15.9 Å². The van der Waals surface area contributed by atoms with Crippen LogP contribution in [0.15, 0.2) is 27.2 Å². The number of halogens is 2. The molecule has 0 aliphatic rings. The molecule has 1 aromatic carbocycles. The first-order chi connectivity index (χ1) is 8.97. The van der Waals surface area contributed by atoms with Crippen molar-refractivity contribution in [3.8, 4) is 11.4 Å². The van der Waals surface area contributed by atoms with Gasteiger partial charge in [0, 0.05) is 10.0 Å². The molecule has 6 heteroatoms. The lowest BCUT2D eigenvalue weighted by atomic mass is 10.0. The molecule has 102 valence electrons. The molecule has 0 radical (unpaired) electrons. The molecule has 0 amide bonds. The van der Waals surface area contributed by atoms with Gasteiger partial charge in [-0.3, -0.25) is 0 Å². The summed E-state index contributed by atoms with van der Waals surface area (Å²) in [6.07, 6.45) is 0.756. The van der Waals surface area contributed by atoms with Crippen LogP contribution in [0.25, 0.3) is 11.4 Å². The van der Waals surface area contributed by atoms with Gasteiger partial charge in [-0.05, 0) is 30.5 Å². The van der Waals surface area contributed by atoms with Crippen LogP contribution in [0.3, 0.4) is 0 Å². The number of nitrogens with zero attached hydrogens (tertiary/aromatic N) is 2. The Hall–Kier alpha value is -1.27. The van der Waals surface area contributed by atoms with Crippen molar-refractivity contribution in [1.29, 1.82) is 0 Å². The van der Waals surface area contributed by atoms with E-state index in [4.69, 9.17) is 10.3 Å². The molecule has 1 atom stereocenters. The van der Waals surface area contributed by atoms with Crippen LogP contribution in [0.4, 0.5) is 4.39 Å². The first kappa shape index (κ1) is 14.1. The van der Waals surface area contributed by atoms with E-state index < -0.39 is 0 Å². The van der Waals surface area contributed by atoms with Gasteiger partial charge >= 0.3 is 0 Å². The smallest absolute Gasteiger partial charge is 0.243 e. The van der Waals surface area contributed by atoms with Crippen molar-refractivity contribution in [3.05, 3.63) is 34.4 Å². The Morgan fingerprint density at radius 2 is 2.16 bits per heavy atom. The van der Waals surface area contributed by atoms with E-state index in [0.717, 1.165) is 6.42 Å². The highest BCUT2D eigenvalue weighted by Gasteiger charge is 2.18. The van der Waals surface area contributed by atoms with Gasteiger partial charge in [-0.1, -0.05) is 34.9 Å². The van der Waals surface area contributed by atoms with Gasteiger partial charge in [0.2, 0.25) is 11.7 Å². The molecule has 0 saturated carbocycles. The number of aromatic nitrogens is 2. The van der Waals surface area contributed by atoms with Crippen LogP contribution in [0.5, 0.6) is 0 Å². The summed E-state index contributed by atoms with van der Waals surface area (Å²) in [6.45, 7) is 4.14. The van der Waals surface area contributed by atoms with Gasteiger partial charge in [0.05, 0.1) is 6.04 Å². The number of benzene rings is 1. The molecule has 0 aliphatic heterocycles. The summed E-state index contributed by atoms with van der Waals surface area (Å²) in [5, 5.41) is 3.85. The van der Waals surface area contributed by atoms with Gasteiger partial charge in [-0.15, -0.1) is 0 Å². The van der Waals surface area contributed by atoms with E-state index in [1.54, 1.807) is 6.07 Å². The first-order valence-corrected chi connectivity index (χ1v) is 6.81. The maximum Gasteiger partial charge on any atom is 0.243 e. The molecule has 0 unspecified atom stereocenters. The van der Waals surface area contributed by atoms with Crippen LogP contribution in [-0.2, 0) is 0 Å². The maximum atomic E-state index is 13.2. The van der Waals surface area contributed by atoms with Crippen LogP contribution < -0.4 is 5.73 Å². The summed E-state index contributed by atoms with van der Waals surface area (Å²) < 4.78 is 19.1. The zero-order chi connectivity index (χ0) is 14.0. The van der Waals surface area contributed by atoms with E-state index in [9.17, 15) is 4.39 Å². The monoisotopic (exact) mass is 327 g/mol. The van der Waals surface area contributed by atoms with Gasteiger partial charge in [0.15, 0.2) is 0 Å². The SMILES string of the molecule is CC(C)C[C@H](N)c1nc(-c2cc(F)ccc2Br)no1. The lowest BCUT2D eigenvalue weighted by Crippen LogP contribution is -2.13. The molecule has 0 aliphatic carbocycles. The Kier molecular flexibility index (Phi) is 4.31. The predicted octanol–water partition coefficient (Wildman–Crippen LogP) is 3.68. The summed E-state index contributed by atoms with van der Waals surface area (Å²) in [4.78, 5) is 4.24. The Balaban J connectivity index is 2.28. The second kappa shape index (κ2) is 5.79. The zero-order valence-corrected chi connectivity index (χ0v) is 12.3. The van der Waals surface area contributed by atoms with E-state index in [1.807, 2.05) is 0 Å². The molecule has 0 spiro atoms. The Morgan fingerprint density at radius 3 is 2.84 bits per heavy atom. The highest BCUT2D eigenvalue weighted by Crippen LogP contribution is 2.28. The molecule has 2 aromatic rings. The van der Waals surface area contributed by atoms with Gasteiger partial charge < -0.3 is 10.3 Å². The Labute approximate surface area is 119 Å². The number of nitrogens with two attached hydrogens (primary N) is 1. The normalized spacial score (nSPS) is 12.9. The highest BCUT2D eigenvalue weighted by molar-refractivity contribution is 9.10. The summed E-state index contributed by atoms with van der Waals surface area (Å²) in [5.74, 6) is 0.794. The zero-order valence-electron chi connectivity index (χ0n) is 10.7. The van der Waals surface area contributed by atoms with Gasteiger partial charge in [-0.2, -0.15) is 4.98 Å². The Morgan fingerprint density at radius 1 is 1.42 bits per heavy atom. The molecule has 0 fully saturated rings. The average molecular weight is 328 g/mol. The molecule has 1 heterocycles. The van der Waals surface area contributed by atoms with Gasteiger partial charge in [0.1, 0.15) is 5.82 Å². The van der Waals surface area contributed by atoms with Crippen LogP contribution in [0, 0.1) is 11.7 Å². The standard InChI is InChI=1S/C13H15BrFN3O/c1-7(2)5-11(16)13-17-12(18-19-13)9-6-8(15)3-4-10(9)14/h3-4,6-7,11H,5,16H2,1-2H3/t11-/m0/s1. The van der Waals surface area contributed by atoms with Crippen molar-refractivity contribution in [3.63, 3.8) is 0 Å². The van der Waals surface area contributed by atoms with Crippen molar-refractivity contribution >= 4 is 15.9 Å². The van der Waals surface area contributed by atoms with Crippen molar-refractivity contribution in [2.45, 2.75) is 26.3 Å². The average Bonchev–Trinajstić information content (AvgIpc) is 2.80. The van der Waals surface area contributed by atoms with Crippen molar-refractivity contribution in [1.82, 2.24) is 10.1 Å². The summed E-state index contributed by atoms with van der Waals surface area (Å²) in [7, 11) is 0. The summed E-state index contributed by atoms with van der Waals surface area (Å²) in [5.41, 5.74) is 6.52. The van der Waals surface area contributed by atoms with Crippen molar-refractivity contribution in [2.75, 3.05) is 0 Å². The first-order valence-electron chi connectivity index (χ1n) is 6.02. The molecular formula is C13H15BrFN3O. The van der Waals surface area contributed by atoms with Crippen LogP contribution in [0.2, 0.25) is 0 Å². The lowest BCUT2D eigenvalue weighted by Gasteiger charge is -2.08. The number of rotatable bonds is 4. The topological polar surface area (TPSA) is 64.9 Å². The van der Waals surface area contributed by atoms with Crippen molar-refractivity contribution < 1.29 is 8.91 Å². The lowest BCUT2D eigenvalue weighted by molar-refractivity contribution is 0.335. The minimum Gasteiger partial charge on any atom is -0.337 e. The Bertz CT molecular complexity index is 571. The summed E-state index contributed by atoms with van der Waals surface area (Å²) in [6, 6.07) is 4.02. The fraction of sp³-hybridized carbons (Fsp3) is 0.385. The van der Waals surface area contributed by atoms with Crippen LogP contribution in [0.1, 0.15) is 32.2 Å². The molecule has 2 rings (SSSR count). The highest BCUT2D eigenvalue weighted by atomic mass is 79.9. The molecule has 1 aromatic heterocycles. The van der Waals surface area contributed by atoms with Gasteiger partial charge in [0.25, 0.3) is 0 Å². The third-order valence-corrected chi connectivity index (χ3v) is 3.35. The molecule has 2 N–H and O–H groups in total. The van der Waals surface area contributed by atoms with E-state index in [-0.39, 0.29) is 11.9 Å². The maximum absolute atomic E-state index is 13.2. The fourth-order valence-electron chi connectivity index (χ4n) is 1.77. The van der Waals surface area contributed by atoms with E-state index in [1.165, 1.54) is 12.1 Å². The minimum absolute atomic E-state index is 0.298. The van der Waals surface area contributed by atoms with E-state index in [2.05, 4.69) is 39.9 Å². The predicted molar refractivity (Wildman–Crippen MR) is 73.8 cm³/mol. The van der Waals surface area contributed by atoms with Gasteiger partial charge in [-0.25, -0.2) is 4.39 Å². The quantitative estimate of drug-likeness (QED) is 0.930.